The van der Waals surface area contributed by atoms with Gasteiger partial charge in [0.15, 0.2) is 0 Å². The Morgan fingerprint density at radius 3 is 2.00 bits per heavy atom. The standard InChI is InChI=1S/C31H28Cl3N3O4S/c1-35-31(39)29(19-22-8-4-2-5-9-22)36(20-23-12-17-27(33)28(34)18-23)30(38)21-37(25-15-13-24(32)14-16-25)42(40,41)26-10-6-3-7-11-26/h2-18,29H,19-21H2,1H3,(H,35,39)/t29-/m0/s1. The molecule has 11 heteroatoms. The number of amides is 2. The lowest BCUT2D eigenvalue weighted by Crippen LogP contribution is -2.53. The molecule has 1 atom stereocenters. The van der Waals surface area contributed by atoms with Crippen LogP contribution >= 0.6 is 34.8 Å². The van der Waals surface area contributed by atoms with Gasteiger partial charge in [-0.1, -0.05) is 89.4 Å². The van der Waals surface area contributed by atoms with Crippen molar-refractivity contribution in [3.05, 3.63) is 129 Å². The van der Waals surface area contributed by atoms with Gasteiger partial charge in [0.05, 0.1) is 20.6 Å². The number of benzene rings is 4. The quantitative estimate of drug-likeness (QED) is 0.210. The van der Waals surface area contributed by atoms with Crippen molar-refractivity contribution in [2.24, 2.45) is 0 Å². The summed E-state index contributed by atoms with van der Waals surface area (Å²) in [5, 5.41) is 3.68. The van der Waals surface area contributed by atoms with E-state index in [4.69, 9.17) is 34.8 Å². The van der Waals surface area contributed by atoms with Gasteiger partial charge >= 0.3 is 0 Å². The molecule has 0 saturated carbocycles. The third-order valence-corrected chi connectivity index (χ3v) is 9.36. The molecule has 0 aliphatic heterocycles. The maximum atomic E-state index is 14.2. The average molecular weight is 645 g/mol. The lowest BCUT2D eigenvalue weighted by molar-refractivity contribution is -0.139. The van der Waals surface area contributed by atoms with Crippen molar-refractivity contribution < 1.29 is 18.0 Å². The van der Waals surface area contributed by atoms with E-state index in [9.17, 15) is 18.0 Å². The molecule has 0 spiro atoms. The summed E-state index contributed by atoms with van der Waals surface area (Å²) in [6.45, 7) is -0.608. The first-order valence-electron chi connectivity index (χ1n) is 12.9. The van der Waals surface area contributed by atoms with Gasteiger partial charge in [-0.2, -0.15) is 0 Å². The second-order valence-corrected chi connectivity index (χ2v) is 12.5. The summed E-state index contributed by atoms with van der Waals surface area (Å²) in [5.74, 6) is -1.00. The molecule has 4 aromatic carbocycles. The minimum atomic E-state index is -4.19. The zero-order chi connectivity index (χ0) is 30.3. The molecular weight excluding hydrogens is 617 g/mol. The molecule has 42 heavy (non-hydrogen) atoms. The number of hydrogen-bond acceptors (Lipinski definition) is 4. The average Bonchev–Trinajstić information content (AvgIpc) is 3.00. The van der Waals surface area contributed by atoms with E-state index in [0.29, 0.717) is 15.6 Å². The highest BCUT2D eigenvalue weighted by Crippen LogP contribution is 2.27. The fourth-order valence-electron chi connectivity index (χ4n) is 4.41. The van der Waals surface area contributed by atoms with Crippen molar-refractivity contribution in [2.45, 2.75) is 23.9 Å². The third-order valence-electron chi connectivity index (χ3n) is 6.58. The van der Waals surface area contributed by atoms with Crippen molar-refractivity contribution in [3.8, 4) is 0 Å². The molecule has 0 aromatic heterocycles. The van der Waals surface area contributed by atoms with Crippen LogP contribution in [0.4, 0.5) is 5.69 Å². The van der Waals surface area contributed by atoms with Crippen molar-refractivity contribution in [1.82, 2.24) is 10.2 Å². The van der Waals surface area contributed by atoms with Crippen LogP contribution < -0.4 is 9.62 Å². The zero-order valence-corrected chi connectivity index (χ0v) is 25.7. The van der Waals surface area contributed by atoms with Gasteiger partial charge in [0.2, 0.25) is 11.8 Å². The highest BCUT2D eigenvalue weighted by atomic mass is 35.5. The number of carbonyl (C=O) groups excluding carboxylic acids is 2. The van der Waals surface area contributed by atoms with Gasteiger partial charge in [-0.15, -0.1) is 0 Å². The predicted molar refractivity (Wildman–Crippen MR) is 167 cm³/mol. The smallest absolute Gasteiger partial charge is 0.264 e. The van der Waals surface area contributed by atoms with Gasteiger partial charge in [0, 0.05) is 25.0 Å². The van der Waals surface area contributed by atoms with Gasteiger partial charge in [-0.25, -0.2) is 8.42 Å². The first-order valence-corrected chi connectivity index (χ1v) is 15.5. The predicted octanol–water partition coefficient (Wildman–Crippen LogP) is 6.23. The summed E-state index contributed by atoms with van der Waals surface area (Å²) in [7, 11) is -2.70. The largest absolute Gasteiger partial charge is 0.357 e. The summed E-state index contributed by atoms with van der Waals surface area (Å²) in [4.78, 5) is 28.9. The van der Waals surface area contributed by atoms with Crippen molar-refractivity contribution >= 4 is 62.3 Å². The number of likely N-dealkylation sites (N-methyl/N-ethyl adjacent to an activating group) is 1. The molecule has 0 saturated heterocycles. The Morgan fingerprint density at radius 2 is 1.40 bits per heavy atom. The topological polar surface area (TPSA) is 86.8 Å². The molecule has 2 amide bonds. The summed E-state index contributed by atoms with van der Waals surface area (Å²) in [6.07, 6.45) is 0.194. The maximum absolute atomic E-state index is 14.2. The van der Waals surface area contributed by atoms with Gasteiger partial charge in [-0.05, 0) is 59.7 Å². The normalized spacial score (nSPS) is 11.9. The van der Waals surface area contributed by atoms with Crippen LogP contribution in [0.2, 0.25) is 15.1 Å². The lowest BCUT2D eigenvalue weighted by Gasteiger charge is -2.33. The number of nitrogens with zero attached hydrogens (tertiary/aromatic N) is 2. The van der Waals surface area contributed by atoms with Crippen LogP contribution in [0.25, 0.3) is 0 Å². The van der Waals surface area contributed by atoms with Gasteiger partial charge in [-0.3, -0.25) is 13.9 Å². The number of anilines is 1. The Kier molecular flexibility index (Phi) is 10.5. The van der Waals surface area contributed by atoms with E-state index < -0.39 is 34.4 Å². The number of nitrogens with one attached hydrogen (secondary N) is 1. The highest BCUT2D eigenvalue weighted by Gasteiger charge is 2.34. The van der Waals surface area contributed by atoms with E-state index in [1.54, 1.807) is 48.5 Å². The molecule has 4 rings (SSSR count). The summed E-state index contributed by atoms with van der Waals surface area (Å²) in [6, 6.07) is 27.2. The first kappa shape index (κ1) is 31.4. The van der Waals surface area contributed by atoms with E-state index in [1.165, 1.54) is 36.2 Å². The van der Waals surface area contributed by atoms with Crippen molar-refractivity contribution in [1.29, 1.82) is 0 Å². The molecule has 218 valence electrons. The van der Waals surface area contributed by atoms with E-state index in [2.05, 4.69) is 5.32 Å². The van der Waals surface area contributed by atoms with Crippen LogP contribution in [0.15, 0.2) is 108 Å². The maximum Gasteiger partial charge on any atom is 0.264 e. The van der Waals surface area contributed by atoms with E-state index in [0.717, 1.165) is 9.87 Å². The Balaban J connectivity index is 1.79. The van der Waals surface area contributed by atoms with Crippen LogP contribution in [0, 0.1) is 0 Å². The second kappa shape index (κ2) is 14.1. The molecule has 0 fully saturated rings. The molecule has 4 aromatic rings. The monoisotopic (exact) mass is 643 g/mol. The number of halogens is 3. The first-order chi connectivity index (χ1) is 20.1. The van der Waals surface area contributed by atoms with E-state index in [-0.39, 0.29) is 28.6 Å². The van der Waals surface area contributed by atoms with E-state index >= 15 is 0 Å². The van der Waals surface area contributed by atoms with Gasteiger partial charge in [0.25, 0.3) is 10.0 Å². The summed E-state index contributed by atoms with van der Waals surface area (Å²) in [5.41, 5.74) is 1.68. The zero-order valence-electron chi connectivity index (χ0n) is 22.6. The Labute approximate surface area is 260 Å². The van der Waals surface area contributed by atoms with Gasteiger partial charge < -0.3 is 10.2 Å². The van der Waals surface area contributed by atoms with Crippen LogP contribution in [0.5, 0.6) is 0 Å². The molecule has 0 unspecified atom stereocenters. The Hall–Kier alpha value is -3.56. The Bertz CT molecular complexity index is 1640. The number of rotatable bonds is 11. The van der Waals surface area contributed by atoms with Crippen molar-refractivity contribution in [3.63, 3.8) is 0 Å². The molecule has 1 N–H and O–H groups in total. The van der Waals surface area contributed by atoms with Crippen molar-refractivity contribution in [2.75, 3.05) is 17.9 Å². The SMILES string of the molecule is CNC(=O)[C@H](Cc1ccccc1)N(Cc1ccc(Cl)c(Cl)c1)C(=O)CN(c1ccc(Cl)cc1)S(=O)(=O)c1ccccc1. The third kappa shape index (κ3) is 7.63. The lowest BCUT2D eigenvalue weighted by atomic mass is 10.0. The Morgan fingerprint density at radius 1 is 0.786 bits per heavy atom. The van der Waals surface area contributed by atoms with Crippen LogP contribution in [0.3, 0.4) is 0 Å². The molecule has 0 bridgehead atoms. The molecular formula is C31H28Cl3N3O4S. The highest BCUT2D eigenvalue weighted by molar-refractivity contribution is 7.92. The minimum Gasteiger partial charge on any atom is -0.357 e. The van der Waals surface area contributed by atoms with Crippen LogP contribution in [-0.4, -0.2) is 44.8 Å². The molecule has 0 aliphatic carbocycles. The number of hydrogen-bond donors (Lipinski definition) is 1. The van der Waals surface area contributed by atoms with Crippen LogP contribution in [-0.2, 0) is 32.6 Å². The fraction of sp³-hybridized carbons (Fsp3) is 0.161. The minimum absolute atomic E-state index is 0.0101. The van der Waals surface area contributed by atoms with Gasteiger partial charge in [0.1, 0.15) is 12.6 Å². The second-order valence-electron chi connectivity index (χ2n) is 9.39. The van der Waals surface area contributed by atoms with E-state index in [1.807, 2.05) is 30.3 Å². The molecule has 0 heterocycles. The summed E-state index contributed by atoms with van der Waals surface area (Å²) >= 11 is 18.5. The summed E-state index contributed by atoms with van der Waals surface area (Å²) < 4.78 is 28.8. The van der Waals surface area contributed by atoms with Crippen LogP contribution in [0.1, 0.15) is 11.1 Å². The molecule has 0 aliphatic rings. The molecule has 0 radical (unpaired) electrons. The number of carbonyl (C=O) groups is 2. The fourth-order valence-corrected chi connectivity index (χ4v) is 6.29. The number of sulfonamides is 1. The molecule has 7 nitrogen and oxygen atoms in total.